The fourth-order valence-electron chi connectivity index (χ4n) is 4.84. The van der Waals surface area contributed by atoms with E-state index in [-0.39, 0.29) is 43.2 Å². The minimum absolute atomic E-state index is 0.0238. The van der Waals surface area contributed by atoms with E-state index < -0.39 is 11.6 Å². The maximum Gasteiger partial charge on any atom is 0.332 e. The molecule has 0 unspecified atom stereocenters. The van der Waals surface area contributed by atoms with Gasteiger partial charge in [0.2, 0.25) is 18.6 Å². The third kappa shape index (κ3) is 4.55. The zero-order valence-corrected chi connectivity index (χ0v) is 20.1. The number of fused-ring (bicyclic) bond motifs is 2. The molecule has 0 spiro atoms. The molecule has 0 atom stereocenters. The smallest absolute Gasteiger partial charge is 0.332 e. The van der Waals surface area contributed by atoms with Gasteiger partial charge in [-0.2, -0.15) is 0 Å². The number of hydrogen-bond donors (Lipinski definition) is 2. The van der Waals surface area contributed by atoms with Crippen molar-refractivity contribution in [1.82, 2.24) is 14.5 Å². The van der Waals surface area contributed by atoms with Crippen LogP contribution in [0.15, 0.2) is 39.2 Å². The topological polar surface area (TPSA) is 121 Å². The number of amides is 2. The maximum absolute atomic E-state index is 13.4. The van der Waals surface area contributed by atoms with E-state index >= 15 is 0 Å². The van der Waals surface area contributed by atoms with Crippen LogP contribution in [0.1, 0.15) is 25.7 Å². The highest BCUT2D eigenvalue weighted by Gasteiger charge is 2.27. The molecule has 5 rings (SSSR count). The van der Waals surface area contributed by atoms with Crippen molar-refractivity contribution in [2.45, 2.75) is 38.8 Å². The first-order valence-corrected chi connectivity index (χ1v) is 12.4. The number of carbonyl (C=O) groups is 2. The number of ether oxygens (including phenoxy) is 2. The third-order valence-electron chi connectivity index (χ3n) is 6.70. The molecular weight excluding hydrogens is 472 g/mol. The largest absolute Gasteiger partial charge is 0.454 e. The lowest BCUT2D eigenvalue weighted by Crippen LogP contribution is -2.43. The van der Waals surface area contributed by atoms with Gasteiger partial charge in [-0.25, -0.2) is 4.79 Å². The number of nitrogens with one attached hydrogen (secondary N) is 2. The van der Waals surface area contributed by atoms with E-state index in [1.807, 2.05) is 0 Å². The molecule has 3 aromatic rings. The molecule has 11 heteroatoms. The first-order chi connectivity index (χ1) is 16.9. The van der Waals surface area contributed by atoms with Gasteiger partial charge in [0.05, 0.1) is 5.52 Å². The number of rotatable bonds is 6. The molecule has 2 N–H and O–H groups in total. The molecule has 0 radical (unpaired) electrons. The highest BCUT2D eigenvalue weighted by molar-refractivity contribution is 7.17. The molecule has 1 aliphatic carbocycles. The third-order valence-corrected chi connectivity index (χ3v) is 7.59. The highest BCUT2D eigenvalue weighted by atomic mass is 32.1. The Morgan fingerprint density at radius 1 is 1.06 bits per heavy atom. The van der Waals surface area contributed by atoms with Gasteiger partial charge < -0.3 is 20.1 Å². The number of nitrogens with zero attached hydrogens (tertiary/aromatic N) is 2. The number of aromatic nitrogens is 2. The van der Waals surface area contributed by atoms with Crippen LogP contribution < -0.4 is 31.4 Å². The van der Waals surface area contributed by atoms with Crippen LogP contribution in [-0.4, -0.2) is 34.8 Å². The average molecular weight is 499 g/mol. The summed E-state index contributed by atoms with van der Waals surface area (Å²) in [5, 5.41) is 7.22. The molecular formula is C24H26N4O6S. The Balaban J connectivity index is 1.36. The average Bonchev–Trinajstić information content (AvgIpc) is 3.54. The molecule has 1 aliphatic heterocycles. The van der Waals surface area contributed by atoms with Gasteiger partial charge in [-0.15, -0.1) is 11.3 Å². The van der Waals surface area contributed by atoms with E-state index in [2.05, 4.69) is 10.6 Å². The molecule has 2 amide bonds. The number of thiophene rings is 1. The SMILES string of the molecule is CNC(=O)C1CCC(Cn2c(=O)c3sccc3n(CC(=O)Nc3ccc4c(c3)OCO4)c2=O)CC1. The molecule has 1 saturated carbocycles. The van der Waals surface area contributed by atoms with Gasteiger partial charge in [-0.05, 0) is 55.2 Å². The van der Waals surface area contributed by atoms with Gasteiger partial charge in [-0.1, -0.05) is 0 Å². The van der Waals surface area contributed by atoms with Crippen molar-refractivity contribution in [2.75, 3.05) is 19.2 Å². The van der Waals surface area contributed by atoms with Crippen LogP contribution in [-0.2, 0) is 22.7 Å². The second kappa shape index (κ2) is 9.57. The number of carbonyl (C=O) groups excluding carboxylic acids is 2. The normalized spacial score (nSPS) is 19.0. The fourth-order valence-corrected chi connectivity index (χ4v) is 5.68. The van der Waals surface area contributed by atoms with E-state index in [0.717, 1.165) is 25.7 Å². The Morgan fingerprint density at radius 3 is 2.60 bits per heavy atom. The summed E-state index contributed by atoms with van der Waals surface area (Å²) in [6, 6.07) is 6.76. The van der Waals surface area contributed by atoms with E-state index in [1.54, 1.807) is 36.7 Å². The molecule has 1 fully saturated rings. The molecule has 2 aliphatic rings. The lowest BCUT2D eigenvalue weighted by atomic mass is 9.81. The first-order valence-electron chi connectivity index (χ1n) is 11.6. The van der Waals surface area contributed by atoms with Gasteiger partial charge in [0.25, 0.3) is 5.56 Å². The summed E-state index contributed by atoms with van der Waals surface area (Å²) in [5.74, 6) is 0.889. The number of anilines is 1. The van der Waals surface area contributed by atoms with Crippen LogP contribution in [0.25, 0.3) is 10.2 Å². The van der Waals surface area contributed by atoms with Crippen molar-refractivity contribution in [2.24, 2.45) is 11.8 Å². The Kier molecular flexibility index (Phi) is 6.33. The second-order valence-electron chi connectivity index (χ2n) is 8.87. The van der Waals surface area contributed by atoms with Crippen LogP contribution in [0.3, 0.4) is 0 Å². The highest BCUT2D eigenvalue weighted by Crippen LogP contribution is 2.34. The van der Waals surface area contributed by atoms with Crippen molar-refractivity contribution >= 4 is 39.1 Å². The van der Waals surface area contributed by atoms with Gasteiger partial charge in [0, 0.05) is 31.3 Å². The Bertz CT molecular complexity index is 1400. The minimum atomic E-state index is -0.504. The standard InChI is InChI=1S/C24H26N4O6S/c1-25-22(30)15-4-2-14(3-5-15)11-28-23(31)21-17(8-9-35-21)27(24(28)32)12-20(29)26-16-6-7-18-19(10-16)34-13-33-18/h6-10,14-15H,2-5,11-13H2,1H3,(H,25,30)(H,26,29). The lowest BCUT2D eigenvalue weighted by molar-refractivity contribution is -0.125. The lowest BCUT2D eigenvalue weighted by Gasteiger charge is -2.27. The summed E-state index contributed by atoms with van der Waals surface area (Å²) in [5.41, 5.74) is 0.136. The van der Waals surface area contributed by atoms with Crippen LogP contribution in [0.4, 0.5) is 5.69 Å². The van der Waals surface area contributed by atoms with Gasteiger partial charge >= 0.3 is 5.69 Å². The summed E-state index contributed by atoms with van der Waals surface area (Å²) in [6.45, 7) is 0.174. The van der Waals surface area contributed by atoms with Crippen molar-refractivity contribution in [3.05, 3.63) is 50.5 Å². The molecule has 3 heterocycles. The van der Waals surface area contributed by atoms with E-state index in [1.165, 1.54) is 20.5 Å². The molecule has 184 valence electrons. The maximum atomic E-state index is 13.4. The van der Waals surface area contributed by atoms with E-state index in [0.29, 0.717) is 27.4 Å². The monoisotopic (exact) mass is 498 g/mol. The Labute approximate surface area is 204 Å². The van der Waals surface area contributed by atoms with Crippen molar-refractivity contribution in [1.29, 1.82) is 0 Å². The van der Waals surface area contributed by atoms with Crippen LogP contribution >= 0.6 is 11.3 Å². The Hall–Kier alpha value is -3.60. The zero-order valence-electron chi connectivity index (χ0n) is 19.2. The van der Waals surface area contributed by atoms with Crippen molar-refractivity contribution in [3.8, 4) is 11.5 Å². The summed E-state index contributed by atoms with van der Waals surface area (Å²) in [7, 11) is 1.63. The molecule has 35 heavy (non-hydrogen) atoms. The quantitative estimate of drug-likeness (QED) is 0.537. The fraction of sp³-hybridized carbons (Fsp3) is 0.417. The van der Waals surface area contributed by atoms with Crippen LogP contribution in [0, 0.1) is 11.8 Å². The second-order valence-corrected chi connectivity index (χ2v) is 9.78. The minimum Gasteiger partial charge on any atom is -0.454 e. The Morgan fingerprint density at radius 2 is 1.83 bits per heavy atom. The molecule has 0 bridgehead atoms. The van der Waals surface area contributed by atoms with Gasteiger partial charge in [0.15, 0.2) is 11.5 Å². The van der Waals surface area contributed by atoms with Gasteiger partial charge in [0.1, 0.15) is 11.2 Å². The number of benzene rings is 1. The predicted octanol–water partition coefficient (Wildman–Crippen LogP) is 2.14. The zero-order chi connectivity index (χ0) is 24.5. The van der Waals surface area contributed by atoms with Crippen LogP contribution in [0.2, 0.25) is 0 Å². The summed E-state index contributed by atoms with van der Waals surface area (Å²) in [6.07, 6.45) is 2.98. The summed E-state index contributed by atoms with van der Waals surface area (Å²) >= 11 is 1.26. The van der Waals surface area contributed by atoms with Crippen molar-refractivity contribution < 1.29 is 19.1 Å². The van der Waals surface area contributed by atoms with Gasteiger partial charge in [-0.3, -0.25) is 23.5 Å². The molecule has 1 aromatic carbocycles. The summed E-state index contributed by atoms with van der Waals surface area (Å²) < 4.78 is 13.7. The molecule has 0 saturated heterocycles. The molecule has 10 nitrogen and oxygen atoms in total. The van der Waals surface area contributed by atoms with Crippen molar-refractivity contribution in [3.63, 3.8) is 0 Å². The first kappa shape index (κ1) is 23.2. The summed E-state index contributed by atoms with van der Waals surface area (Å²) in [4.78, 5) is 51.3. The van der Waals surface area contributed by atoms with Crippen LogP contribution in [0.5, 0.6) is 11.5 Å². The number of hydrogen-bond acceptors (Lipinski definition) is 7. The van der Waals surface area contributed by atoms with E-state index in [9.17, 15) is 19.2 Å². The molecule has 2 aromatic heterocycles. The van der Waals surface area contributed by atoms with E-state index in [4.69, 9.17) is 9.47 Å². The predicted molar refractivity (Wildman–Crippen MR) is 131 cm³/mol.